The number of carbonyl (C=O) groups excluding carboxylic acids is 1. The Hall–Kier alpha value is -1.19. The van der Waals surface area contributed by atoms with Crippen LogP contribution in [0, 0.1) is 0 Å². The number of hydrogen-bond donors (Lipinski definition) is 1. The second-order valence-corrected chi connectivity index (χ2v) is 7.35. The van der Waals surface area contributed by atoms with Gasteiger partial charge in [0.2, 0.25) is 5.91 Å². The van der Waals surface area contributed by atoms with E-state index in [2.05, 4.69) is 4.90 Å². The van der Waals surface area contributed by atoms with Crippen molar-refractivity contribution >= 4 is 22.2 Å². The predicted molar refractivity (Wildman–Crippen MR) is 75.8 cm³/mol. The van der Waals surface area contributed by atoms with Gasteiger partial charge in [0.25, 0.3) is 6.47 Å². The first-order valence-electron chi connectivity index (χ1n) is 6.72. The molecule has 0 aliphatic carbocycles. The van der Waals surface area contributed by atoms with Crippen molar-refractivity contribution in [3.05, 3.63) is 0 Å². The molecule has 2 saturated heterocycles. The lowest BCUT2D eigenvalue weighted by molar-refractivity contribution is -0.136. The molecule has 0 saturated carbocycles. The van der Waals surface area contributed by atoms with Crippen LogP contribution in [0.15, 0.2) is 0 Å². The minimum atomic E-state index is -3.06. The van der Waals surface area contributed by atoms with E-state index in [9.17, 15) is 13.2 Å². The molecule has 1 atom stereocenters. The van der Waals surface area contributed by atoms with E-state index in [1.54, 1.807) is 4.90 Å². The van der Waals surface area contributed by atoms with Crippen LogP contribution in [-0.4, -0.2) is 93.1 Å². The summed E-state index contributed by atoms with van der Waals surface area (Å²) in [7, 11) is -3.06. The van der Waals surface area contributed by atoms with Gasteiger partial charge < -0.3 is 14.7 Å². The van der Waals surface area contributed by atoms with Crippen molar-refractivity contribution in [2.75, 3.05) is 51.4 Å². The second-order valence-electron chi connectivity index (χ2n) is 5.09. The highest BCUT2D eigenvalue weighted by atomic mass is 32.2. The summed E-state index contributed by atoms with van der Waals surface area (Å²) in [4.78, 5) is 24.4. The first kappa shape index (κ1) is 17.9. The maximum Gasteiger partial charge on any atom is 0.290 e. The molecule has 2 heterocycles. The Morgan fingerprint density at radius 2 is 2.05 bits per heavy atom. The van der Waals surface area contributed by atoms with Gasteiger partial charge in [0, 0.05) is 38.9 Å². The van der Waals surface area contributed by atoms with Gasteiger partial charge in [-0.2, -0.15) is 0 Å². The van der Waals surface area contributed by atoms with Crippen molar-refractivity contribution < 1.29 is 27.9 Å². The monoisotopic (exact) mass is 322 g/mol. The zero-order chi connectivity index (χ0) is 15.9. The summed E-state index contributed by atoms with van der Waals surface area (Å²) in [5.74, 6) is -0.127. The number of carbonyl (C=O) groups is 2. The maximum absolute atomic E-state index is 11.9. The zero-order valence-electron chi connectivity index (χ0n) is 12.1. The van der Waals surface area contributed by atoms with E-state index >= 15 is 0 Å². The SMILES string of the molecule is CS(=O)(=O)CCC(=O)N1CCN2CCOCC2C1.O=CO. The fraction of sp³-hybridized carbons (Fsp3) is 0.833. The molecule has 2 aliphatic rings. The molecule has 122 valence electrons. The van der Waals surface area contributed by atoms with Crippen LogP contribution in [0.25, 0.3) is 0 Å². The van der Waals surface area contributed by atoms with Crippen LogP contribution < -0.4 is 0 Å². The molecule has 9 heteroatoms. The van der Waals surface area contributed by atoms with Crippen molar-refractivity contribution in [3.63, 3.8) is 0 Å². The molecule has 0 bridgehead atoms. The standard InChI is InChI=1S/C11H20N2O4S.CH2O2/c1-18(15,16)7-2-11(14)13-4-3-12-5-6-17-9-10(12)8-13;2-1-3/h10H,2-9H2,1H3;1H,(H,2,3). The minimum absolute atomic E-state index is 0.0623. The fourth-order valence-electron chi connectivity index (χ4n) is 2.40. The smallest absolute Gasteiger partial charge is 0.290 e. The van der Waals surface area contributed by atoms with E-state index < -0.39 is 9.84 Å². The largest absolute Gasteiger partial charge is 0.483 e. The first-order chi connectivity index (χ1) is 9.87. The third kappa shape index (κ3) is 6.40. The normalized spacial score (nSPS) is 22.7. The van der Waals surface area contributed by atoms with E-state index in [0.29, 0.717) is 19.7 Å². The summed E-state index contributed by atoms with van der Waals surface area (Å²) in [5.41, 5.74) is 0. The molecule has 1 unspecified atom stereocenters. The zero-order valence-corrected chi connectivity index (χ0v) is 12.9. The number of fused-ring (bicyclic) bond motifs is 1. The van der Waals surface area contributed by atoms with Gasteiger partial charge in [-0.1, -0.05) is 0 Å². The Balaban J connectivity index is 0.000000677. The minimum Gasteiger partial charge on any atom is -0.483 e. The van der Waals surface area contributed by atoms with Gasteiger partial charge in [-0.25, -0.2) is 8.42 Å². The van der Waals surface area contributed by atoms with Crippen molar-refractivity contribution in [3.8, 4) is 0 Å². The number of piperazine rings is 1. The molecular formula is C12H22N2O6S. The average Bonchev–Trinajstić information content (AvgIpc) is 2.44. The molecule has 2 fully saturated rings. The molecule has 0 radical (unpaired) electrons. The van der Waals surface area contributed by atoms with Gasteiger partial charge >= 0.3 is 0 Å². The van der Waals surface area contributed by atoms with Gasteiger partial charge in [0.15, 0.2) is 0 Å². The molecule has 8 nitrogen and oxygen atoms in total. The van der Waals surface area contributed by atoms with Crippen LogP contribution in [0.1, 0.15) is 6.42 Å². The highest BCUT2D eigenvalue weighted by molar-refractivity contribution is 7.90. The Kier molecular flexibility index (Phi) is 7.06. The summed E-state index contributed by atoms with van der Waals surface area (Å²) in [6.07, 6.45) is 1.25. The van der Waals surface area contributed by atoms with Crippen molar-refractivity contribution in [2.24, 2.45) is 0 Å². The summed E-state index contributed by atoms with van der Waals surface area (Å²) < 4.78 is 27.5. The lowest BCUT2D eigenvalue weighted by atomic mass is 10.1. The number of ether oxygens (including phenoxy) is 1. The number of sulfone groups is 1. The molecule has 0 aromatic heterocycles. The van der Waals surface area contributed by atoms with E-state index in [4.69, 9.17) is 14.6 Å². The summed E-state index contributed by atoms with van der Waals surface area (Å²) in [6.45, 7) is 4.31. The molecule has 0 aromatic rings. The molecule has 2 rings (SSSR count). The van der Waals surface area contributed by atoms with Crippen molar-refractivity contribution in [2.45, 2.75) is 12.5 Å². The van der Waals surface area contributed by atoms with Gasteiger partial charge in [-0.3, -0.25) is 14.5 Å². The fourth-order valence-corrected chi connectivity index (χ4v) is 2.95. The topological polar surface area (TPSA) is 104 Å². The molecule has 0 aromatic carbocycles. The molecular weight excluding hydrogens is 300 g/mol. The maximum atomic E-state index is 11.9. The average molecular weight is 322 g/mol. The quantitative estimate of drug-likeness (QED) is 0.642. The van der Waals surface area contributed by atoms with Crippen molar-refractivity contribution in [1.29, 1.82) is 0 Å². The van der Waals surface area contributed by atoms with Crippen LogP contribution >= 0.6 is 0 Å². The molecule has 2 aliphatic heterocycles. The summed E-state index contributed by atoms with van der Waals surface area (Å²) in [6, 6.07) is 0.273. The molecule has 0 spiro atoms. The van der Waals surface area contributed by atoms with E-state index in [1.807, 2.05) is 0 Å². The molecule has 1 amide bonds. The van der Waals surface area contributed by atoms with Crippen LogP contribution in [0.4, 0.5) is 0 Å². The Bertz CT molecular complexity index is 453. The Labute approximate surface area is 124 Å². The van der Waals surface area contributed by atoms with Crippen LogP contribution in [0.2, 0.25) is 0 Å². The Morgan fingerprint density at radius 3 is 2.67 bits per heavy atom. The number of nitrogens with zero attached hydrogens (tertiary/aromatic N) is 2. The number of rotatable bonds is 3. The summed E-state index contributed by atoms with van der Waals surface area (Å²) in [5, 5.41) is 6.89. The molecule has 21 heavy (non-hydrogen) atoms. The number of morpholine rings is 1. The highest BCUT2D eigenvalue weighted by Gasteiger charge is 2.31. The highest BCUT2D eigenvalue weighted by Crippen LogP contribution is 2.14. The van der Waals surface area contributed by atoms with Gasteiger partial charge in [0.1, 0.15) is 9.84 Å². The lowest BCUT2D eigenvalue weighted by Crippen LogP contribution is -2.59. The molecule has 1 N–H and O–H groups in total. The van der Waals surface area contributed by atoms with E-state index in [-0.39, 0.29) is 30.6 Å². The predicted octanol–water partition coefficient (Wildman–Crippen LogP) is -1.34. The van der Waals surface area contributed by atoms with Gasteiger partial charge in [0.05, 0.1) is 25.0 Å². The van der Waals surface area contributed by atoms with Crippen molar-refractivity contribution in [1.82, 2.24) is 9.80 Å². The van der Waals surface area contributed by atoms with Gasteiger partial charge in [-0.05, 0) is 0 Å². The summed E-state index contributed by atoms with van der Waals surface area (Å²) >= 11 is 0. The van der Waals surface area contributed by atoms with E-state index in [0.717, 1.165) is 26.0 Å². The van der Waals surface area contributed by atoms with Crippen LogP contribution in [-0.2, 0) is 24.2 Å². The van der Waals surface area contributed by atoms with Crippen LogP contribution in [0.3, 0.4) is 0 Å². The number of hydrogen-bond acceptors (Lipinski definition) is 6. The number of carboxylic acid groups (broad SMARTS) is 1. The third-order valence-corrected chi connectivity index (χ3v) is 4.42. The Morgan fingerprint density at radius 1 is 1.38 bits per heavy atom. The van der Waals surface area contributed by atoms with Gasteiger partial charge in [-0.15, -0.1) is 0 Å². The third-order valence-electron chi connectivity index (χ3n) is 3.48. The number of amides is 1. The lowest BCUT2D eigenvalue weighted by Gasteiger charge is -2.43. The van der Waals surface area contributed by atoms with E-state index in [1.165, 1.54) is 0 Å². The second kappa shape index (κ2) is 8.30. The first-order valence-corrected chi connectivity index (χ1v) is 8.78. The van der Waals surface area contributed by atoms with Crippen LogP contribution in [0.5, 0.6) is 0 Å².